The van der Waals surface area contributed by atoms with E-state index in [0.717, 1.165) is 5.92 Å². The molecule has 0 radical (unpaired) electrons. The maximum Gasteiger partial charge on any atom is 0.154 e. The van der Waals surface area contributed by atoms with Crippen LogP contribution in [0.3, 0.4) is 0 Å². The van der Waals surface area contributed by atoms with Gasteiger partial charge in [0.1, 0.15) is 11.5 Å². The monoisotopic (exact) mass is 261 g/mol. The van der Waals surface area contributed by atoms with Crippen molar-refractivity contribution in [1.29, 1.82) is 0 Å². The number of hydrogen-bond donors (Lipinski definition) is 0. The van der Waals surface area contributed by atoms with Crippen LogP contribution in [0.1, 0.15) is 62.8 Å². The zero-order valence-electron chi connectivity index (χ0n) is 11.4. The number of hydrogen-bond acceptors (Lipinski definition) is 0. The van der Waals surface area contributed by atoms with Crippen LogP contribution in [0.4, 0.5) is 0 Å². The molecule has 1 heterocycles. The first-order valence-corrected chi connectivity index (χ1v) is 9.27. The van der Waals surface area contributed by atoms with Gasteiger partial charge in [-0.2, -0.15) is 0 Å². The lowest BCUT2D eigenvalue weighted by Crippen LogP contribution is -2.17. The lowest BCUT2D eigenvalue weighted by atomic mass is 9.84. The molecule has 0 amide bonds. The summed E-state index contributed by atoms with van der Waals surface area (Å²) in [5.74, 6) is 3.76. The van der Waals surface area contributed by atoms with Gasteiger partial charge in [0.2, 0.25) is 0 Å². The molecule has 0 unspecified atom stereocenters. The Balaban J connectivity index is 1.67. The maximum atomic E-state index is 2.44. The summed E-state index contributed by atoms with van der Waals surface area (Å²) in [4.78, 5) is 1.63. The van der Waals surface area contributed by atoms with E-state index in [2.05, 4.69) is 24.3 Å². The SMILES string of the molecule is c1cc([S+]2CCCCC2)ccc1C1CCCCC1. The van der Waals surface area contributed by atoms with E-state index < -0.39 is 0 Å². The minimum Gasteiger partial charge on any atom is -0.0538 e. The molecule has 0 nitrogen and oxygen atoms in total. The normalized spacial score (nSPS) is 23.1. The fraction of sp³-hybridized carbons (Fsp3) is 0.647. The summed E-state index contributed by atoms with van der Waals surface area (Å²) in [7, 11) is 0.579. The van der Waals surface area contributed by atoms with Gasteiger partial charge < -0.3 is 0 Å². The van der Waals surface area contributed by atoms with Crippen LogP contribution < -0.4 is 0 Å². The third-order valence-corrected chi connectivity index (χ3v) is 7.07. The van der Waals surface area contributed by atoms with Crippen LogP contribution in [0.25, 0.3) is 0 Å². The van der Waals surface area contributed by atoms with Gasteiger partial charge in [-0.1, -0.05) is 31.4 Å². The van der Waals surface area contributed by atoms with Crippen LogP contribution in [0.2, 0.25) is 0 Å². The van der Waals surface area contributed by atoms with Crippen LogP contribution in [0.15, 0.2) is 29.2 Å². The molecule has 1 aliphatic carbocycles. The van der Waals surface area contributed by atoms with Crippen LogP contribution in [0.5, 0.6) is 0 Å². The molecular formula is C17H25S+. The first-order valence-electron chi connectivity index (χ1n) is 7.71. The van der Waals surface area contributed by atoms with E-state index in [1.54, 1.807) is 10.5 Å². The Hall–Kier alpha value is -0.430. The lowest BCUT2D eigenvalue weighted by Gasteiger charge is -2.22. The number of rotatable bonds is 2. The molecule has 3 rings (SSSR count). The summed E-state index contributed by atoms with van der Waals surface area (Å²) in [5.41, 5.74) is 1.61. The van der Waals surface area contributed by atoms with Crippen LogP contribution in [0, 0.1) is 0 Å². The third kappa shape index (κ3) is 2.93. The summed E-state index contributed by atoms with van der Waals surface area (Å²) in [5, 5.41) is 0. The molecule has 1 heteroatoms. The standard InChI is InChI=1S/C17H25S/c1-3-7-15(8-4-1)16-9-11-17(12-10-16)18-13-5-2-6-14-18/h9-12,15H,1-8,13-14H2/q+1. The van der Waals surface area contributed by atoms with Gasteiger partial charge in [0.05, 0.1) is 0 Å². The maximum absolute atomic E-state index is 2.44. The minimum absolute atomic E-state index is 0.579. The first kappa shape index (κ1) is 12.6. The predicted molar refractivity (Wildman–Crippen MR) is 81.5 cm³/mol. The second-order valence-corrected chi connectivity index (χ2v) is 8.14. The Morgan fingerprint density at radius 1 is 0.722 bits per heavy atom. The molecular weight excluding hydrogens is 236 g/mol. The highest BCUT2D eigenvalue weighted by Gasteiger charge is 2.25. The molecule has 2 fully saturated rings. The van der Waals surface area contributed by atoms with Crippen LogP contribution in [-0.2, 0) is 10.9 Å². The summed E-state index contributed by atoms with van der Waals surface area (Å²) in [6, 6.07) is 9.76. The zero-order valence-corrected chi connectivity index (χ0v) is 12.2. The number of benzene rings is 1. The molecule has 0 aromatic heterocycles. The van der Waals surface area contributed by atoms with Gasteiger partial charge in [0, 0.05) is 10.9 Å². The van der Waals surface area contributed by atoms with Gasteiger partial charge in [-0.25, -0.2) is 0 Å². The van der Waals surface area contributed by atoms with E-state index in [-0.39, 0.29) is 0 Å². The molecule has 0 atom stereocenters. The summed E-state index contributed by atoms with van der Waals surface area (Å²) in [6.07, 6.45) is 11.5. The van der Waals surface area contributed by atoms with Gasteiger partial charge in [0.25, 0.3) is 0 Å². The van der Waals surface area contributed by atoms with Gasteiger partial charge in [-0.3, -0.25) is 0 Å². The van der Waals surface area contributed by atoms with Crippen molar-refractivity contribution in [2.45, 2.75) is 62.2 Å². The van der Waals surface area contributed by atoms with Crippen molar-refractivity contribution < 1.29 is 0 Å². The molecule has 98 valence electrons. The molecule has 1 aromatic rings. The van der Waals surface area contributed by atoms with Gasteiger partial charge >= 0.3 is 0 Å². The highest BCUT2D eigenvalue weighted by molar-refractivity contribution is 7.96. The molecule has 18 heavy (non-hydrogen) atoms. The molecule has 1 aromatic carbocycles. The second-order valence-electron chi connectivity index (χ2n) is 5.87. The molecule has 1 saturated carbocycles. The van der Waals surface area contributed by atoms with E-state index in [1.165, 1.54) is 62.9 Å². The van der Waals surface area contributed by atoms with Gasteiger partial charge in [-0.15, -0.1) is 0 Å². The average Bonchev–Trinajstić information content (AvgIpc) is 2.49. The Morgan fingerprint density at radius 2 is 1.33 bits per heavy atom. The van der Waals surface area contributed by atoms with E-state index in [4.69, 9.17) is 0 Å². The Bertz CT molecular complexity index is 319. The minimum atomic E-state index is 0.579. The summed E-state index contributed by atoms with van der Waals surface area (Å²) < 4.78 is 0. The molecule has 0 bridgehead atoms. The van der Waals surface area contributed by atoms with E-state index in [0.29, 0.717) is 10.9 Å². The Morgan fingerprint density at radius 3 is 2.00 bits per heavy atom. The molecule has 0 N–H and O–H groups in total. The highest BCUT2D eigenvalue weighted by Crippen LogP contribution is 2.33. The Kier molecular flexibility index (Phi) is 4.30. The molecule has 0 spiro atoms. The third-order valence-electron chi connectivity index (χ3n) is 4.57. The smallest absolute Gasteiger partial charge is 0.0538 e. The van der Waals surface area contributed by atoms with E-state index >= 15 is 0 Å². The van der Waals surface area contributed by atoms with Crippen molar-refractivity contribution >= 4 is 10.9 Å². The summed E-state index contributed by atoms with van der Waals surface area (Å²) in [6.45, 7) is 0. The quantitative estimate of drug-likeness (QED) is 0.665. The van der Waals surface area contributed by atoms with Crippen molar-refractivity contribution in [3.05, 3.63) is 29.8 Å². The fourth-order valence-corrected chi connectivity index (χ4v) is 5.74. The van der Waals surface area contributed by atoms with Crippen molar-refractivity contribution in [3.63, 3.8) is 0 Å². The van der Waals surface area contributed by atoms with Crippen LogP contribution >= 0.6 is 0 Å². The Labute approximate surface area is 115 Å². The second kappa shape index (κ2) is 6.14. The average molecular weight is 261 g/mol. The molecule has 2 aliphatic rings. The van der Waals surface area contributed by atoms with Gasteiger partial charge in [-0.05, 0) is 55.7 Å². The molecule has 1 aliphatic heterocycles. The highest BCUT2D eigenvalue weighted by atomic mass is 32.2. The molecule has 1 saturated heterocycles. The van der Waals surface area contributed by atoms with Crippen molar-refractivity contribution in [2.24, 2.45) is 0 Å². The summed E-state index contributed by atoms with van der Waals surface area (Å²) >= 11 is 0. The van der Waals surface area contributed by atoms with Crippen molar-refractivity contribution in [1.82, 2.24) is 0 Å². The van der Waals surface area contributed by atoms with E-state index in [9.17, 15) is 0 Å². The topological polar surface area (TPSA) is 0 Å². The van der Waals surface area contributed by atoms with Crippen molar-refractivity contribution in [3.8, 4) is 0 Å². The first-order chi connectivity index (χ1) is 8.93. The van der Waals surface area contributed by atoms with E-state index in [1.807, 2.05) is 0 Å². The fourth-order valence-electron chi connectivity index (χ4n) is 3.44. The zero-order chi connectivity index (χ0) is 12.2. The van der Waals surface area contributed by atoms with Gasteiger partial charge in [0.15, 0.2) is 4.90 Å². The largest absolute Gasteiger partial charge is 0.154 e. The van der Waals surface area contributed by atoms with Crippen molar-refractivity contribution in [2.75, 3.05) is 11.5 Å². The predicted octanol–water partition coefficient (Wildman–Crippen LogP) is 4.90. The van der Waals surface area contributed by atoms with Crippen LogP contribution in [-0.4, -0.2) is 11.5 Å². The lowest BCUT2D eigenvalue weighted by molar-refractivity contribution is 0.443.